The predicted molar refractivity (Wildman–Crippen MR) is 80.3 cm³/mol. The molecule has 1 aliphatic carbocycles. The van der Waals surface area contributed by atoms with E-state index < -0.39 is 0 Å². The van der Waals surface area contributed by atoms with Crippen LogP contribution in [0.1, 0.15) is 32.6 Å². The van der Waals surface area contributed by atoms with E-state index in [1.807, 2.05) is 13.0 Å². The zero-order valence-corrected chi connectivity index (χ0v) is 12.4. The molecule has 0 amide bonds. The van der Waals surface area contributed by atoms with Crippen LogP contribution in [0.15, 0.2) is 36.0 Å². The van der Waals surface area contributed by atoms with Gasteiger partial charge in [-0.2, -0.15) is 0 Å². The summed E-state index contributed by atoms with van der Waals surface area (Å²) < 4.78 is 4.70. The van der Waals surface area contributed by atoms with Crippen molar-refractivity contribution in [1.29, 1.82) is 0 Å². The topological polar surface area (TPSA) is 58.6 Å². The van der Waals surface area contributed by atoms with E-state index in [1.54, 1.807) is 6.08 Å². The minimum Gasteiger partial charge on any atom is -0.465 e. The second kappa shape index (κ2) is 8.72. The second-order valence-electron chi connectivity index (χ2n) is 5.05. The molecule has 0 spiro atoms. The Morgan fingerprint density at radius 2 is 2.05 bits per heavy atom. The molecule has 0 bridgehead atoms. The number of ether oxygens (including phenoxy) is 1. The number of hydrogen-bond acceptors (Lipinski definition) is 4. The van der Waals surface area contributed by atoms with Gasteiger partial charge in [0, 0.05) is 12.6 Å². The fraction of sp³-hybridized carbons (Fsp3) is 0.562. The maximum atomic E-state index is 11.5. The number of rotatable bonds is 6. The highest BCUT2D eigenvalue weighted by atomic mass is 16.5. The fourth-order valence-electron chi connectivity index (χ4n) is 2.30. The summed E-state index contributed by atoms with van der Waals surface area (Å²) in [5.74, 6) is -0.375. The summed E-state index contributed by atoms with van der Waals surface area (Å²) in [5.41, 5.74) is 1.48. The average molecular weight is 279 g/mol. The van der Waals surface area contributed by atoms with Gasteiger partial charge in [-0.1, -0.05) is 18.7 Å². The standard InChI is InChI=1S/C16H25NO3/c1-4-12(10-13(5-2)16(19)20-3)11-17-14-6-8-15(18)9-7-14/h4-5,10,14-15,17-18H,2,6-9,11H2,1,3H3/b12-4+,13-10+. The Kier molecular flexibility index (Phi) is 7.26. The van der Waals surface area contributed by atoms with E-state index in [9.17, 15) is 9.90 Å². The lowest BCUT2D eigenvalue weighted by Crippen LogP contribution is -2.35. The number of carbonyl (C=O) groups excluding carboxylic acids is 1. The zero-order valence-electron chi connectivity index (χ0n) is 12.4. The lowest BCUT2D eigenvalue weighted by atomic mass is 9.93. The Morgan fingerprint density at radius 3 is 2.55 bits per heavy atom. The van der Waals surface area contributed by atoms with Gasteiger partial charge >= 0.3 is 5.97 Å². The largest absolute Gasteiger partial charge is 0.465 e. The first-order valence-electron chi connectivity index (χ1n) is 7.09. The Balaban J connectivity index is 2.53. The SMILES string of the molecule is C=C/C(=C\C(=C/C)CNC1CCC(O)CC1)C(=O)OC. The highest BCUT2D eigenvalue weighted by Gasteiger charge is 2.18. The summed E-state index contributed by atoms with van der Waals surface area (Å²) in [5, 5.41) is 12.9. The van der Waals surface area contributed by atoms with Crippen LogP contribution in [0, 0.1) is 0 Å². The Bertz CT molecular complexity index is 391. The van der Waals surface area contributed by atoms with Crippen LogP contribution in [-0.4, -0.2) is 36.9 Å². The van der Waals surface area contributed by atoms with E-state index in [0.717, 1.165) is 31.3 Å². The van der Waals surface area contributed by atoms with Gasteiger partial charge in [0.2, 0.25) is 0 Å². The van der Waals surface area contributed by atoms with Crippen molar-refractivity contribution in [3.8, 4) is 0 Å². The Labute approximate surface area is 121 Å². The van der Waals surface area contributed by atoms with Gasteiger partial charge in [0.15, 0.2) is 0 Å². The number of carbonyl (C=O) groups is 1. The van der Waals surface area contributed by atoms with Crippen LogP contribution in [-0.2, 0) is 9.53 Å². The summed E-state index contributed by atoms with van der Waals surface area (Å²) in [4.78, 5) is 11.5. The molecule has 4 nitrogen and oxygen atoms in total. The van der Waals surface area contributed by atoms with Gasteiger partial charge in [0.05, 0.1) is 18.8 Å². The highest BCUT2D eigenvalue weighted by molar-refractivity contribution is 5.91. The molecule has 0 aromatic rings. The van der Waals surface area contributed by atoms with Crippen LogP contribution in [0.4, 0.5) is 0 Å². The first-order chi connectivity index (χ1) is 9.60. The molecular formula is C16H25NO3. The van der Waals surface area contributed by atoms with Crippen molar-refractivity contribution in [2.45, 2.75) is 44.8 Å². The summed E-state index contributed by atoms with van der Waals surface area (Å²) in [6, 6.07) is 0.437. The summed E-state index contributed by atoms with van der Waals surface area (Å²) in [7, 11) is 1.36. The number of aliphatic hydroxyl groups excluding tert-OH is 1. The van der Waals surface area contributed by atoms with Gasteiger partial charge in [0.1, 0.15) is 0 Å². The van der Waals surface area contributed by atoms with E-state index in [4.69, 9.17) is 4.74 Å². The maximum absolute atomic E-state index is 11.5. The van der Waals surface area contributed by atoms with Gasteiger partial charge in [-0.15, -0.1) is 0 Å². The van der Waals surface area contributed by atoms with E-state index in [2.05, 4.69) is 11.9 Å². The summed E-state index contributed by atoms with van der Waals surface area (Å²) in [6.07, 6.45) is 8.84. The maximum Gasteiger partial charge on any atom is 0.337 e. The van der Waals surface area contributed by atoms with Gasteiger partial charge in [-0.25, -0.2) is 4.79 Å². The van der Waals surface area contributed by atoms with Crippen molar-refractivity contribution in [2.24, 2.45) is 0 Å². The van der Waals surface area contributed by atoms with Crippen molar-refractivity contribution in [3.63, 3.8) is 0 Å². The Hall–Kier alpha value is -1.39. The van der Waals surface area contributed by atoms with Crippen molar-refractivity contribution >= 4 is 5.97 Å². The molecule has 1 saturated carbocycles. The second-order valence-corrected chi connectivity index (χ2v) is 5.05. The fourth-order valence-corrected chi connectivity index (χ4v) is 2.30. The molecule has 0 heterocycles. The van der Waals surface area contributed by atoms with Crippen LogP contribution >= 0.6 is 0 Å². The molecule has 20 heavy (non-hydrogen) atoms. The lowest BCUT2D eigenvalue weighted by Gasteiger charge is -2.26. The molecule has 0 unspecified atom stereocenters. The van der Waals surface area contributed by atoms with Crippen molar-refractivity contribution in [2.75, 3.05) is 13.7 Å². The lowest BCUT2D eigenvalue weighted by molar-refractivity contribution is -0.135. The van der Waals surface area contributed by atoms with Gasteiger partial charge in [0.25, 0.3) is 0 Å². The number of esters is 1. The molecule has 0 radical (unpaired) electrons. The van der Waals surface area contributed by atoms with E-state index in [1.165, 1.54) is 13.2 Å². The first-order valence-corrected chi connectivity index (χ1v) is 7.09. The molecule has 0 saturated heterocycles. The van der Waals surface area contributed by atoms with Gasteiger partial charge in [-0.3, -0.25) is 0 Å². The number of allylic oxidation sites excluding steroid dienone is 1. The van der Waals surface area contributed by atoms with Crippen molar-refractivity contribution < 1.29 is 14.6 Å². The molecule has 1 rings (SSSR count). The Morgan fingerprint density at radius 1 is 1.40 bits per heavy atom. The molecule has 0 aromatic heterocycles. The third-order valence-corrected chi connectivity index (χ3v) is 3.64. The molecule has 112 valence electrons. The first kappa shape index (κ1) is 16.7. The highest BCUT2D eigenvalue weighted by Crippen LogP contribution is 2.18. The molecule has 0 aromatic carbocycles. The third-order valence-electron chi connectivity index (χ3n) is 3.64. The minimum absolute atomic E-state index is 0.138. The number of hydrogen-bond donors (Lipinski definition) is 2. The van der Waals surface area contributed by atoms with Gasteiger partial charge < -0.3 is 15.2 Å². The monoisotopic (exact) mass is 279 g/mol. The normalized spacial score (nSPS) is 24.4. The van der Waals surface area contributed by atoms with Crippen LogP contribution in [0.5, 0.6) is 0 Å². The van der Waals surface area contributed by atoms with Crippen LogP contribution < -0.4 is 5.32 Å². The predicted octanol–water partition coefficient (Wildman–Crippen LogP) is 2.11. The molecule has 2 N–H and O–H groups in total. The van der Waals surface area contributed by atoms with Crippen LogP contribution in [0.3, 0.4) is 0 Å². The molecule has 0 atom stereocenters. The van der Waals surface area contributed by atoms with Crippen LogP contribution in [0.2, 0.25) is 0 Å². The molecule has 1 fully saturated rings. The molecule has 0 aliphatic heterocycles. The van der Waals surface area contributed by atoms with E-state index >= 15 is 0 Å². The number of methoxy groups -OCH3 is 1. The zero-order chi connectivity index (χ0) is 15.0. The molecule has 4 heteroatoms. The van der Waals surface area contributed by atoms with Crippen molar-refractivity contribution in [3.05, 3.63) is 36.0 Å². The van der Waals surface area contributed by atoms with Crippen molar-refractivity contribution in [1.82, 2.24) is 5.32 Å². The van der Waals surface area contributed by atoms with E-state index in [0.29, 0.717) is 18.2 Å². The smallest absolute Gasteiger partial charge is 0.337 e. The average Bonchev–Trinajstić information content (AvgIpc) is 2.48. The minimum atomic E-state index is -0.375. The van der Waals surface area contributed by atoms with Crippen LogP contribution in [0.25, 0.3) is 0 Å². The summed E-state index contributed by atoms with van der Waals surface area (Å²) in [6.45, 7) is 6.27. The van der Waals surface area contributed by atoms with E-state index in [-0.39, 0.29) is 12.1 Å². The number of nitrogens with one attached hydrogen (secondary N) is 1. The van der Waals surface area contributed by atoms with Gasteiger partial charge in [-0.05, 0) is 44.3 Å². The third kappa shape index (κ3) is 5.31. The summed E-state index contributed by atoms with van der Waals surface area (Å²) >= 11 is 0. The molecule has 1 aliphatic rings. The number of aliphatic hydroxyl groups is 1. The molecular weight excluding hydrogens is 254 g/mol. The quantitative estimate of drug-likeness (QED) is 0.444.